The summed E-state index contributed by atoms with van der Waals surface area (Å²) in [7, 11) is 0. The van der Waals surface area contributed by atoms with Gasteiger partial charge in [-0.3, -0.25) is 0 Å². The largest absolute Gasteiger partial charge is 0.390 e. The fraction of sp³-hybridized carbons (Fsp3) is 1.00. The van der Waals surface area contributed by atoms with Crippen LogP contribution in [-0.4, -0.2) is 25.7 Å². The molecule has 4 atom stereocenters. The van der Waals surface area contributed by atoms with E-state index in [0.29, 0.717) is 12.3 Å². The van der Waals surface area contributed by atoms with E-state index in [1.165, 1.54) is 0 Å². The maximum atomic E-state index is 9.51. The zero-order chi connectivity index (χ0) is 8.22. The molecule has 0 radical (unpaired) electrons. The lowest BCUT2D eigenvalue weighted by Crippen LogP contribution is -2.61. The van der Waals surface area contributed by atoms with Gasteiger partial charge in [0.15, 0.2) is 0 Å². The Morgan fingerprint density at radius 1 is 1.18 bits per heavy atom. The van der Waals surface area contributed by atoms with Crippen LogP contribution in [0.1, 0.15) is 12.8 Å². The van der Waals surface area contributed by atoms with Crippen LogP contribution < -0.4 is 0 Å². The topological polar surface area (TPSA) is 40.5 Å². The van der Waals surface area contributed by atoms with Crippen LogP contribution in [-0.2, 0) is 0 Å². The molecule has 4 heteroatoms. The van der Waals surface area contributed by atoms with E-state index < -0.39 is 12.2 Å². The van der Waals surface area contributed by atoms with E-state index >= 15 is 0 Å². The summed E-state index contributed by atoms with van der Waals surface area (Å²) in [5.74, 6) is 0.655. The third-order valence-electron chi connectivity index (χ3n) is 2.91. The van der Waals surface area contributed by atoms with Crippen molar-refractivity contribution in [1.29, 1.82) is 0 Å². The molecule has 3 saturated carbocycles. The first-order valence-corrected chi connectivity index (χ1v) is 5.36. The number of halogens is 2. The fourth-order valence-electron chi connectivity index (χ4n) is 2.08. The highest BCUT2D eigenvalue weighted by atomic mass is 79.9. The lowest BCUT2D eigenvalue weighted by molar-refractivity contribution is -0.114. The number of aliphatic hydroxyl groups excluding tert-OH is 2. The number of alkyl halides is 2. The van der Waals surface area contributed by atoms with Gasteiger partial charge in [-0.05, 0) is 18.8 Å². The zero-order valence-corrected chi connectivity index (χ0v) is 9.05. The zero-order valence-electron chi connectivity index (χ0n) is 5.87. The van der Waals surface area contributed by atoms with E-state index in [1.54, 1.807) is 0 Å². The second-order valence-electron chi connectivity index (χ2n) is 3.51. The van der Waals surface area contributed by atoms with Gasteiger partial charge in [0, 0.05) is 5.92 Å². The monoisotopic (exact) mass is 284 g/mol. The molecule has 0 saturated heterocycles. The summed E-state index contributed by atoms with van der Waals surface area (Å²) in [6, 6.07) is 0. The van der Waals surface area contributed by atoms with E-state index in [0.717, 1.165) is 6.42 Å². The van der Waals surface area contributed by atoms with Crippen molar-refractivity contribution in [3.8, 4) is 0 Å². The highest BCUT2D eigenvalue weighted by Crippen LogP contribution is 2.61. The molecule has 2 N–H and O–H groups in total. The summed E-state index contributed by atoms with van der Waals surface area (Å²) in [4.78, 5) is 0. The highest BCUT2D eigenvalue weighted by Gasteiger charge is 2.60. The number of fused-ring (bicyclic) bond motifs is 2. The van der Waals surface area contributed by atoms with Gasteiger partial charge >= 0.3 is 0 Å². The molecule has 11 heavy (non-hydrogen) atoms. The van der Waals surface area contributed by atoms with Gasteiger partial charge in [-0.2, -0.15) is 0 Å². The van der Waals surface area contributed by atoms with Crippen LogP contribution >= 0.6 is 31.9 Å². The number of hydrogen-bond donors (Lipinski definition) is 2. The summed E-state index contributed by atoms with van der Waals surface area (Å²) in [6.07, 6.45) is 0.656. The van der Waals surface area contributed by atoms with Crippen molar-refractivity contribution in [3.63, 3.8) is 0 Å². The molecule has 0 amide bonds. The molecule has 3 fully saturated rings. The van der Waals surface area contributed by atoms with Gasteiger partial charge < -0.3 is 10.2 Å². The first-order valence-electron chi connectivity index (χ1n) is 3.77. The van der Waals surface area contributed by atoms with Crippen LogP contribution in [0.2, 0.25) is 0 Å². The van der Waals surface area contributed by atoms with E-state index in [1.807, 2.05) is 0 Å². The Kier molecular flexibility index (Phi) is 1.88. The third kappa shape index (κ3) is 1.03. The van der Waals surface area contributed by atoms with Gasteiger partial charge in [0.1, 0.15) is 0 Å². The van der Waals surface area contributed by atoms with Crippen molar-refractivity contribution < 1.29 is 10.2 Å². The molecule has 3 unspecified atom stereocenters. The molecular formula is C7H10Br2O2. The summed E-state index contributed by atoms with van der Waals surface area (Å²) in [6.45, 7) is 0. The van der Waals surface area contributed by atoms with Crippen molar-refractivity contribution in [2.75, 3.05) is 0 Å². The molecule has 3 aliphatic carbocycles. The molecule has 0 heterocycles. The summed E-state index contributed by atoms with van der Waals surface area (Å²) >= 11 is 7.04. The van der Waals surface area contributed by atoms with Gasteiger partial charge in [0.2, 0.25) is 0 Å². The molecule has 0 aromatic heterocycles. The molecule has 0 aromatic carbocycles. The standard InChI is InChI=1S/C7H10Br2O2/c8-7(9)3-1-4(7)6(11)5(10)2-3/h3-6,10-11H,1-2H2/t3-,4?,5?,6?/m1/s1. The van der Waals surface area contributed by atoms with E-state index in [4.69, 9.17) is 0 Å². The van der Waals surface area contributed by atoms with Crippen molar-refractivity contribution in [3.05, 3.63) is 0 Å². The molecule has 3 aliphatic rings. The predicted octanol–water partition coefficient (Wildman–Crippen LogP) is 1.23. The number of rotatable bonds is 0. The SMILES string of the molecule is OC1C[C@H]2CC(C1O)C2(Br)Br. The Balaban J connectivity index is 2.17. The number of aliphatic hydroxyl groups is 2. The summed E-state index contributed by atoms with van der Waals surface area (Å²) in [5.41, 5.74) is 0. The van der Waals surface area contributed by atoms with Crippen molar-refractivity contribution in [2.24, 2.45) is 11.8 Å². The van der Waals surface area contributed by atoms with Crippen LogP contribution in [0.25, 0.3) is 0 Å². The van der Waals surface area contributed by atoms with Gasteiger partial charge in [0.05, 0.1) is 15.4 Å². The molecule has 2 bridgehead atoms. The minimum Gasteiger partial charge on any atom is -0.390 e. The Labute approximate surface area is 82.2 Å². The van der Waals surface area contributed by atoms with Gasteiger partial charge in [-0.25, -0.2) is 0 Å². The average molecular weight is 286 g/mol. The van der Waals surface area contributed by atoms with Crippen LogP contribution in [0, 0.1) is 11.8 Å². The lowest BCUT2D eigenvalue weighted by Gasteiger charge is -2.56. The second-order valence-corrected chi connectivity index (χ2v) is 7.20. The average Bonchev–Trinajstić information content (AvgIpc) is 1.93. The summed E-state index contributed by atoms with van der Waals surface area (Å²) < 4.78 is -0.0986. The lowest BCUT2D eigenvalue weighted by atomic mass is 9.62. The summed E-state index contributed by atoms with van der Waals surface area (Å²) in [5, 5.41) is 18.8. The minimum atomic E-state index is -0.557. The van der Waals surface area contributed by atoms with Gasteiger partial charge in [-0.1, -0.05) is 31.9 Å². The van der Waals surface area contributed by atoms with Gasteiger partial charge in [-0.15, -0.1) is 0 Å². The molecule has 0 aliphatic heterocycles. The first-order chi connectivity index (χ1) is 5.03. The maximum absolute atomic E-state index is 9.51. The van der Waals surface area contributed by atoms with E-state index in [2.05, 4.69) is 31.9 Å². The second kappa shape index (κ2) is 2.44. The highest BCUT2D eigenvalue weighted by molar-refractivity contribution is 9.25. The molecule has 64 valence electrons. The Hall–Kier alpha value is 0.880. The predicted molar refractivity (Wildman–Crippen MR) is 48.8 cm³/mol. The minimum absolute atomic E-state index is 0.0986. The molecule has 3 rings (SSSR count). The van der Waals surface area contributed by atoms with Crippen LogP contribution in [0.15, 0.2) is 0 Å². The van der Waals surface area contributed by atoms with Crippen molar-refractivity contribution in [2.45, 2.75) is 28.3 Å². The van der Waals surface area contributed by atoms with Crippen molar-refractivity contribution >= 4 is 31.9 Å². The van der Waals surface area contributed by atoms with Crippen LogP contribution in [0.3, 0.4) is 0 Å². The van der Waals surface area contributed by atoms with Gasteiger partial charge in [0.25, 0.3) is 0 Å². The maximum Gasteiger partial charge on any atom is 0.0888 e. The Morgan fingerprint density at radius 3 is 2.18 bits per heavy atom. The third-order valence-corrected chi connectivity index (χ3v) is 5.38. The number of hydrogen-bond acceptors (Lipinski definition) is 2. The Morgan fingerprint density at radius 2 is 1.82 bits per heavy atom. The first kappa shape index (κ1) is 8.48. The van der Waals surface area contributed by atoms with E-state index in [9.17, 15) is 10.2 Å². The smallest absolute Gasteiger partial charge is 0.0888 e. The molecular weight excluding hydrogens is 276 g/mol. The Bertz CT molecular complexity index is 183. The molecule has 0 aromatic rings. The van der Waals surface area contributed by atoms with E-state index in [-0.39, 0.29) is 9.15 Å². The van der Waals surface area contributed by atoms with Crippen LogP contribution in [0.4, 0.5) is 0 Å². The van der Waals surface area contributed by atoms with Crippen molar-refractivity contribution in [1.82, 2.24) is 0 Å². The van der Waals surface area contributed by atoms with Crippen LogP contribution in [0.5, 0.6) is 0 Å². The molecule has 0 spiro atoms. The normalized spacial score (nSPS) is 53.5. The fourth-order valence-corrected chi connectivity index (χ4v) is 3.75. The quantitative estimate of drug-likeness (QED) is 0.658. The molecule has 2 nitrogen and oxygen atoms in total.